The van der Waals surface area contributed by atoms with E-state index in [1.54, 1.807) is 0 Å². The van der Waals surface area contributed by atoms with Gasteiger partial charge >= 0.3 is 12.1 Å². The number of carboxylic acids is 1. The third-order valence-electron chi connectivity index (χ3n) is 3.05. The molecule has 0 atom stereocenters. The first-order valence-electron chi connectivity index (χ1n) is 6.12. The van der Waals surface area contributed by atoms with E-state index in [4.69, 9.17) is 5.11 Å². The molecule has 0 aliphatic rings. The quantitative estimate of drug-likeness (QED) is 0.790. The first-order valence-corrected chi connectivity index (χ1v) is 6.12. The molecule has 112 valence electrons. The van der Waals surface area contributed by atoms with Crippen molar-refractivity contribution < 1.29 is 23.1 Å². The smallest absolute Gasteiger partial charge is 0.417 e. The van der Waals surface area contributed by atoms with Crippen LogP contribution in [-0.4, -0.2) is 25.7 Å². The zero-order valence-electron chi connectivity index (χ0n) is 10.9. The van der Waals surface area contributed by atoms with Crippen molar-refractivity contribution in [2.75, 3.05) is 0 Å². The van der Waals surface area contributed by atoms with Crippen molar-refractivity contribution in [1.82, 2.24) is 14.6 Å². The SMILES string of the molecule is O=C(O)c1ccc2nc(-c3ccccc3C(F)(F)F)nn2c1. The summed E-state index contributed by atoms with van der Waals surface area (Å²) in [5, 5.41) is 12.9. The number of hydrogen-bond acceptors (Lipinski definition) is 3. The fourth-order valence-corrected chi connectivity index (χ4v) is 2.05. The lowest BCUT2D eigenvalue weighted by molar-refractivity contribution is -0.137. The Bertz CT molecular complexity index is 871. The van der Waals surface area contributed by atoms with Crippen molar-refractivity contribution in [3.05, 3.63) is 53.7 Å². The largest absolute Gasteiger partial charge is 0.478 e. The average molecular weight is 307 g/mol. The molecule has 8 heteroatoms. The number of carbonyl (C=O) groups is 1. The number of aromatic carboxylic acids is 1. The number of pyridine rings is 1. The molecule has 0 aliphatic carbocycles. The van der Waals surface area contributed by atoms with Gasteiger partial charge in [0.25, 0.3) is 0 Å². The van der Waals surface area contributed by atoms with E-state index in [0.29, 0.717) is 0 Å². The summed E-state index contributed by atoms with van der Waals surface area (Å²) in [5.74, 6) is -1.27. The van der Waals surface area contributed by atoms with E-state index in [1.165, 1.54) is 36.5 Å². The number of hydrogen-bond donors (Lipinski definition) is 1. The number of nitrogens with zero attached hydrogens (tertiary/aromatic N) is 3. The van der Waals surface area contributed by atoms with Crippen LogP contribution in [0.5, 0.6) is 0 Å². The highest BCUT2D eigenvalue weighted by Gasteiger charge is 2.34. The van der Waals surface area contributed by atoms with Gasteiger partial charge in [0.1, 0.15) is 0 Å². The minimum atomic E-state index is -4.53. The second-order valence-electron chi connectivity index (χ2n) is 4.50. The number of alkyl halides is 3. The summed E-state index contributed by atoms with van der Waals surface area (Å²) in [4.78, 5) is 14.9. The van der Waals surface area contributed by atoms with Crippen molar-refractivity contribution in [3.63, 3.8) is 0 Å². The zero-order chi connectivity index (χ0) is 15.9. The fourth-order valence-electron chi connectivity index (χ4n) is 2.05. The summed E-state index contributed by atoms with van der Waals surface area (Å²) in [6, 6.07) is 7.66. The molecule has 3 rings (SSSR count). The van der Waals surface area contributed by atoms with Crippen LogP contribution >= 0.6 is 0 Å². The molecule has 3 aromatic rings. The third kappa shape index (κ3) is 2.39. The maximum atomic E-state index is 13.0. The van der Waals surface area contributed by atoms with Crippen LogP contribution in [0.1, 0.15) is 15.9 Å². The molecule has 0 spiro atoms. The van der Waals surface area contributed by atoms with Crippen molar-refractivity contribution in [2.45, 2.75) is 6.18 Å². The van der Waals surface area contributed by atoms with E-state index in [9.17, 15) is 18.0 Å². The highest BCUT2D eigenvalue weighted by Crippen LogP contribution is 2.35. The van der Waals surface area contributed by atoms with Gasteiger partial charge < -0.3 is 5.11 Å². The minimum absolute atomic E-state index is 0.0342. The molecule has 1 aromatic carbocycles. The van der Waals surface area contributed by atoms with E-state index in [1.807, 2.05) is 0 Å². The number of benzene rings is 1. The summed E-state index contributed by atoms with van der Waals surface area (Å²) >= 11 is 0. The topological polar surface area (TPSA) is 67.5 Å². The lowest BCUT2D eigenvalue weighted by atomic mass is 10.1. The minimum Gasteiger partial charge on any atom is -0.478 e. The van der Waals surface area contributed by atoms with Crippen LogP contribution in [-0.2, 0) is 6.18 Å². The molecule has 0 saturated heterocycles. The van der Waals surface area contributed by atoms with Crippen LogP contribution in [0.15, 0.2) is 42.6 Å². The van der Waals surface area contributed by atoms with Gasteiger partial charge in [0.2, 0.25) is 0 Å². The lowest BCUT2D eigenvalue weighted by Crippen LogP contribution is -2.07. The zero-order valence-corrected chi connectivity index (χ0v) is 10.9. The lowest BCUT2D eigenvalue weighted by Gasteiger charge is -2.09. The van der Waals surface area contributed by atoms with E-state index < -0.39 is 17.7 Å². The summed E-state index contributed by atoms with van der Waals surface area (Å²) in [6.45, 7) is 0. The van der Waals surface area contributed by atoms with Gasteiger partial charge in [-0.05, 0) is 18.2 Å². The van der Waals surface area contributed by atoms with Crippen LogP contribution in [0.4, 0.5) is 13.2 Å². The van der Waals surface area contributed by atoms with Crippen LogP contribution in [0.3, 0.4) is 0 Å². The molecule has 0 aliphatic heterocycles. The Morgan fingerprint density at radius 3 is 2.55 bits per heavy atom. The van der Waals surface area contributed by atoms with Crippen LogP contribution in [0, 0.1) is 0 Å². The molecule has 0 radical (unpaired) electrons. The van der Waals surface area contributed by atoms with Crippen molar-refractivity contribution in [2.24, 2.45) is 0 Å². The van der Waals surface area contributed by atoms with E-state index in [0.717, 1.165) is 10.6 Å². The first kappa shape index (κ1) is 14.1. The predicted molar refractivity (Wildman–Crippen MR) is 70.4 cm³/mol. The Morgan fingerprint density at radius 1 is 1.14 bits per heavy atom. The van der Waals surface area contributed by atoms with Gasteiger partial charge in [-0.25, -0.2) is 14.3 Å². The molecule has 1 N–H and O–H groups in total. The molecule has 0 saturated carbocycles. The summed E-state index contributed by atoms with van der Waals surface area (Å²) in [7, 11) is 0. The van der Waals surface area contributed by atoms with Gasteiger partial charge in [-0.15, -0.1) is 5.10 Å². The predicted octanol–water partition coefficient (Wildman–Crippen LogP) is 3.11. The first-order chi connectivity index (χ1) is 10.4. The Morgan fingerprint density at radius 2 is 1.86 bits per heavy atom. The normalized spacial score (nSPS) is 11.8. The average Bonchev–Trinajstić information content (AvgIpc) is 2.89. The number of carboxylic acid groups (broad SMARTS) is 1. The molecular weight excluding hydrogens is 299 g/mol. The standard InChI is InChI=1S/C14H8F3N3O2/c15-14(16,17)10-4-2-1-3-9(10)12-18-11-6-5-8(13(21)22)7-20(11)19-12/h1-7H,(H,21,22). The third-order valence-corrected chi connectivity index (χ3v) is 3.05. The Hall–Kier alpha value is -2.90. The molecule has 0 bridgehead atoms. The van der Waals surface area contributed by atoms with Crippen LogP contribution < -0.4 is 0 Å². The molecule has 22 heavy (non-hydrogen) atoms. The van der Waals surface area contributed by atoms with Gasteiger partial charge in [-0.3, -0.25) is 0 Å². The molecule has 2 aromatic heterocycles. The van der Waals surface area contributed by atoms with Crippen molar-refractivity contribution >= 4 is 11.6 Å². The number of rotatable bonds is 2. The molecule has 5 nitrogen and oxygen atoms in total. The molecule has 0 unspecified atom stereocenters. The summed E-state index contributed by atoms with van der Waals surface area (Å²) in [5.41, 5.74) is -0.773. The maximum Gasteiger partial charge on any atom is 0.417 e. The monoisotopic (exact) mass is 307 g/mol. The molecule has 0 fully saturated rings. The number of halogens is 3. The second-order valence-corrected chi connectivity index (χ2v) is 4.50. The molecule has 0 amide bonds. The summed E-state index contributed by atoms with van der Waals surface area (Å²) in [6.07, 6.45) is -3.33. The number of aromatic nitrogens is 3. The van der Waals surface area contributed by atoms with Gasteiger partial charge in [-0.1, -0.05) is 18.2 Å². The molecular formula is C14H8F3N3O2. The van der Waals surface area contributed by atoms with Gasteiger partial charge in [0.15, 0.2) is 11.5 Å². The number of fused-ring (bicyclic) bond motifs is 1. The highest BCUT2D eigenvalue weighted by molar-refractivity contribution is 5.87. The van der Waals surface area contributed by atoms with Crippen LogP contribution in [0.2, 0.25) is 0 Å². The summed E-state index contributed by atoms with van der Waals surface area (Å²) < 4.78 is 40.2. The van der Waals surface area contributed by atoms with E-state index >= 15 is 0 Å². The van der Waals surface area contributed by atoms with Crippen LogP contribution in [0.25, 0.3) is 17.0 Å². The Balaban J connectivity index is 2.18. The highest BCUT2D eigenvalue weighted by atomic mass is 19.4. The Labute approximate surface area is 121 Å². The van der Waals surface area contributed by atoms with Gasteiger partial charge in [0.05, 0.1) is 11.1 Å². The maximum absolute atomic E-state index is 13.0. The van der Waals surface area contributed by atoms with Crippen molar-refractivity contribution in [3.8, 4) is 11.4 Å². The van der Waals surface area contributed by atoms with Gasteiger partial charge in [-0.2, -0.15) is 13.2 Å². The van der Waals surface area contributed by atoms with Gasteiger partial charge in [0, 0.05) is 11.8 Å². The van der Waals surface area contributed by atoms with E-state index in [-0.39, 0.29) is 22.6 Å². The molecule has 2 heterocycles. The van der Waals surface area contributed by atoms with E-state index in [2.05, 4.69) is 10.1 Å². The fraction of sp³-hybridized carbons (Fsp3) is 0.0714. The Kier molecular flexibility index (Phi) is 3.09. The van der Waals surface area contributed by atoms with Crippen molar-refractivity contribution in [1.29, 1.82) is 0 Å². The second kappa shape index (κ2) is 4.83.